The summed E-state index contributed by atoms with van der Waals surface area (Å²) in [5.41, 5.74) is 10.4. The van der Waals surface area contributed by atoms with Gasteiger partial charge in [-0.15, -0.1) is 0 Å². The number of allylic oxidation sites excluding steroid dienone is 1. The Kier molecular flexibility index (Phi) is 4.05. The molecule has 1 aromatic heterocycles. The number of rotatable bonds is 3. The molecule has 2 heterocycles. The van der Waals surface area contributed by atoms with Crippen molar-refractivity contribution in [3.05, 3.63) is 89.9 Å². The lowest BCUT2D eigenvalue weighted by Gasteiger charge is -2.18. The number of anilines is 1. The number of nitrogens with zero attached hydrogens (tertiary/aromatic N) is 1. The second-order valence-corrected chi connectivity index (χ2v) is 6.26. The molecular formula is C22H16FN3O. The molecule has 132 valence electrons. The van der Waals surface area contributed by atoms with Crippen LogP contribution in [0.5, 0.6) is 0 Å². The summed E-state index contributed by atoms with van der Waals surface area (Å²) in [6, 6.07) is 15.2. The summed E-state index contributed by atoms with van der Waals surface area (Å²) in [6.07, 6.45) is 3.80. The van der Waals surface area contributed by atoms with Crippen LogP contribution in [0, 0.1) is 5.82 Å². The lowest BCUT2D eigenvalue weighted by Crippen LogP contribution is -2.10. The Morgan fingerprint density at radius 1 is 1.04 bits per heavy atom. The lowest BCUT2D eigenvalue weighted by molar-refractivity contribution is 0.100. The van der Waals surface area contributed by atoms with Gasteiger partial charge in [0, 0.05) is 28.0 Å². The Hall–Kier alpha value is -3.73. The molecule has 3 N–H and O–H groups in total. The van der Waals surface area contributed by atoms with E-state index in [1.807, 2.05) is 36.4 Å². The highest BCUT2D eigenvalue weighted by Gasteiger charge is 2.16. The van der Waals surface area contributed by atoms with Crippen LogP contribution in [0.4, 0.5) is 10.2 Å². The van der Waals surface area contributed by atoms with E-state index < -0.39 is 5.91 Å². The quantitative estimate of drug-likeness (QED) is 0.719. The smallest absolute Gasteiger partial charge is 0.248 e. The molecule has 2 aromatic carbocycles. The third-order valence-electron chi connectivity index (χ3n) is 4.37. The van der Waals surface area contributed by atoms with E-state index in [1.54, 1.807) is 18.2 Å². The van der Waals surface area contributed by atoms with Gasteiger partial charge in [0.05, 0.1) is 5.69 Å². The fourth-order valence-corrected chi connectivity index (χ4v) is 3.03. The fraction of sp³-hybridized carbons (Fsp3) is 0. The number of nitrogens with two attached hydrogens (primary N) is 1. The number of pyridine rings is 1. The van der Waals surface area contributed by atoms with Crippen molar-refractivity contribution in [2.45, 2.75) is 0 Å². The number of carbonyl (C=O) groups is 1. The number of nitrogens with one attached hydrogen (secondary N) is 1. The minimum absolute atomic E-state index is 0.334. The van der Waals surface area contributed by atoms with Gasteiger partial charge >= 0.3 is 0 Å². The predicted molar refractivity (Wildman–Crippen MR) is 105 cm³/mol. The molecule has 0 unspecified atom stereocenters. The second-order valence-electron chi connectivity index (χ2n) is 6.26. The number of hydrogen-bond donors (Lipinski definition) is 2. The molecular weight excluding hydrogens is 341 g/mol. The topological polar surface area (TPSA) is 68.0 Å². The molecule has 0 saturated heterocycles. The van der Waals surface area contributed by atoms with Crippen molar-refractivity contribution in [1.29, 1.82) is 0 Å². The van der Waals surface area contributed by atoms with Gasteiger partial charge in [0.25, 0.3) is 0 Å². The first kappa shape index (κ1) is 16.7. The molecule has 3 aromatic rings. The van der Waals surface area contributed by atoms with Crippen LogP contribution in [0.25, 0.3) is 28.5 Å². The van der Waals surface area contributed by atoms with E-state index in [1.165, 1.54) is 12.1 Å². The van der Waals surface area contributed by atoms with E-state index in [-0.39, 0.29) is 5.82 Å². The molecule has 0 atom stereocenters. The number of aromatic nitrogens is 1. The Balaban J connectivity index is 1.93. The predicted octanol–water partition coefficient (Wildman–Crippen LogP) is 4.61. The first-order valence-electron chi connectivity index (χ1n) is 8.36. The average molecular weight is 357 g/mol. The van der Waals surface area contributed by atoms with Crippen molar-refractivity contribution in [1.82, 2.24) is 4.98 Å². The summed E-state index contributed by atoms with van der Waals surface area (Å²) in [4.78, 5) is 16.1. The highest BCUT2D eigenvalue weighted by Crippen LogP contribution is 2.36. The van der Waals surface area contributed by atoms with Crippen LogP contribution in [0.2, 0.25) is 0 Å². The lowest BCUT2D eigenvalue weighted by atomic mass is 9.96. The Bertz CT molecular complexity index is 1100. The van der Waals surface area contributed by atoms with Crippen LogP contribution < -0.4 is 11.1 Å². The number of benzene rings is 2. The monoisotopic (exact) mass is 357 g/mol. The number of fused-ring (bicyclic) bond motifs is 1. The third kappa shape index (κ3) is 3.22. The van der Waals surface area contributed by atoms with Crippen LogP contribution in [0.1, 0.15) is 15.9 Å². The maximum atomic E-state index is 13.8. The molecule has 1 amide bonds. The van der Waals surface area contributed by atoms with Gasteiger partial charge < -0.3 is 11.1 Å². The van der Waals surface area contributed by atoms with Gasteiger partial charge in [0.2, 0.25) is 5.91 Å². The van der Waals surface area contributed by atoms with Gasteiger partial charge in [-0.3, -0.25) is 4.79 Å². The highest BCUT2D eigenvalue weighted by atomic mass is 19.1. The number of halogens is 1. The maximum absolute atomic E-state index is 13.8. The largest absolute Gasteiger partial charge is 0.366 e. The molecule has 0 fully saturated rings. The van der Waals surface area contributed by atoms with E-state index in [2.05, 4.69) is 11.9 Å². The van der Waals surface area contributed by atoms with E-state index in [4.69, 9.17) is 10.7 Å². The molecule has 1 aliphatic rings. The van der Waals surface area contributed by atoms with Gasteiger partial charge in [-0.25, -0.2) is 9.37 Å². The number of primary amides is 1. The molecule has 0 saturated carbocycles. The fourth-order valence-electron chi connectivity index (χ4n) is 3.03. The van der Waals surface area contributed by atoms with Gasteiger partial charge in [-0.2, -0.15) is 0 Å². The van der Waals surface area contributed by atoms with Gasteiger partial charge in [-0.1, -0.05) is 30.8 Å². The Labute approximate surface area is 155 Å². The van der Waals surface area contributed by atoms with Crippen LogP contribution in [-0.4, -0.2) is 10.9 Å². The van der Waals surface area contributed by atoms with Crippen LogP contribution in [-0.2, 0) is 0 Å². The molecule has 1 aliphatic heterocycles. The molecule has 27 heavy (non-hydrogen) atoms. The van der Waals surface area contributed by atoms with Gasteiger partial charge in [-0.05, 0) is 48.0 Å². The standard InChI is InChI=1S/C22H16FN3O/c1-13-5-6-17-12-19(14-7-9-15(10-8-14)21(24)27)20(26-22(17)25-13)16-3-2-4-18(23)11-16/h2-12H,1H2,(H2,24,27)(H,25,26). The van der Waals surface area contributed by atoms with E-state index in [0.717, 1.165) is 22.4 Å². The number of carbonyl (C=O) groups excluding carboxylic acids is 1. The molecule has 0 bridgehead atoms. The molecule has 5 heteroatoms. The zero-order valence-corrected chi connectivity index (χ0v) is 14.4. The summed E-state index contributed by atoms with van der Waals surface area (Å²) >= 11 is 0. The summed E-state index contributed by atoms with van der Waals surface area (Å²) < 4.78 is 13.8. The molecule has 0 spiro atoms. The van der Waals surface area contributed by atoms with Crippen molar-refractivity contribution >= 4 is 17.8 Å². The van der Waals surface area contributed by atoms with E-state index in [9.17, 15) is 9.18 Å². The zero-order valence-electron chi connectivity index (χ0n) is 14.4. The van der Waals surface area contributed by atoms with Crippen molar-refractivity contribution < 1.29 is 9.18 Å². The van der Waals surface area contributed by atoms with Gasteiger partial charge in [0.15, 0.2) is 0 Å². The van der Waals surface area contributed by atoms with Gasteiger partial charge in [0.1, 0.15) is 11.6 Å². The van der Waals surface area contributed by atoms with Crippen LogP contribution in [0.15, 0.2) is 72.9 Å². The SMILES string of the molecule is C=C1C=Cc2cc(-c3ccc(C(N)=O)cc3)c(-c3cccc(F)c3)nc2N1. The van der Waals surface area contributed by atoms with E-state index >= 15 is 0 Å². The summed E-state index contributed by atoms with van der Waals surface area (Å²) in [5, 5.41) is 3.14. The molecule has 4 rings (SSSR count). The summed E-state index contributed by atoms with van der Waals surface area (Å²) in [5.74, 6) is -0.153. The van der Waals surface area contributed by atoms with E-state index in [0.29, 0.717) is 22.6 Å². The Morgan fingerprint density at radius 2 is 1.81 bits per heavy atom. The average Bonchev–Trinajstić information content (AvgIpc) is 2.67. The minimum Gasteiger partial charge on any atom is -0.366 e. The molecule has 4 nitrogen and oxygen atoms in total. The maximum Gasteiger partial charge on any atom is 0.248 e. The van der Waals surface area contributed by atoms with Crippen molar-refractivity contribution in [2.75, 3.05) is 5.32 Å². The van der Waals surface area contributed by atoms with Crippen LogP contribution in [0.3, 0.4) is 0 Å². The first-order valence-corrected chi connectivity index (χ1v) is 8.36. The normalized spacial score (nSPS) is 12.4. The summed E-state index contributed by atoms with van der Waals surface area (Å²) in [7, 11) is 0. The highest BCUT2D eigenvalue weighted by molar-refractivity contribution is 5.94. The first-order chi connectivity index (χ1) is 13.0. The van der Waals surface area contributed by atoms with Crippen LogP contribution >= 0.6 is 0 Å². The van der Waals surface area contributed by atoms with Crippen molar-refractivity contribution in [3.63, 3.8) is 0 Å². The number of amides is 1. The van der Waals surface area contributed by atoms with Crippen molar-refractivity contribution in [3.8, 4) is 22.4 Å². The Morgan fingerprint density at radius 3 is 2.52 bits per heavy atom. The second kappa shape index (κ2) is 6.53. The minimum atomic E-state index is -0.485. The van der Waals surface area contributed by atoms with Crippen molar-refractivity contribution in [2.24, 2.45) is 5.73 Å². The molecule has 0 aliphatic carbocycles. The summed E-state index contributed by atoms with van der Waals surface area (Å²) in [6.45, 7) is 3.89. The number of hydrogen-bond acceptors (Lipinski definition) is 3. The zero-order chi connectivity index (χ0) is 19.0. The molecule has 0 radical (unpaired) electrons. The third-order valence-corrected chi connectivity index (χ3v) is 4.37.